The zero-order valence-corrected chi connectivity index (χ0v) is 32.1. The molecule has 1 aliphatic carbocycles. The molecule has 282 valence electrons. The zero-order chi connectivity index (χ0) is 36.0. The number of hydrogen-bond acceptors (Lipinski definition) is 7. The Bertz CT molecular complexity index is 1550. The predicted molar refractivity (Wildman–Crippen MR) is 202 cm³/mol. The Kier molecular flexibility index (Phi) is 14.2. The van der Waals surface area contributed by atoms with Gasteiger partial charge in [-0.1, -0.05) is 27.2 Å². The van der Waals surface area contributed by atoms with Crippen LogP contribution >= 0.6 is 0 Å². The Morgan fingerprint density at radius 1 is 0.961 bits per heavy atom. The second-order valence-electron chi connectivity index (χ2n) is 16.0. The van der Waals surface area contributed by atoms with Crippen LogP contribution in [0.25, 0.3) is 10.9 Å². The van der Waals surface area contributed by atoms with Gasteiger partial charge in [0.15, 0.2) is 0 Å². The molecule has 0 atom stereocenters. The minimum Gasteiger partial charge on any atom is -0.870 e. The molecule has 1 saturated heterocycles. The van der Waals surface area contributed by atoms with Crippen molar-refractivity contribution in [3.05, 3.63) is 35.4 Å². The van der Waals surface area contributed by atoms with E-state index in [4.69, 9.17) is 0 Å². The largest absolute Gasteiger partial charge is 0.870 e. The number of aromatic amines is 1. The van der Waals surface area contributed by atoms with E-state index in [1.807, 2.05) is 11.0 Å². The molecule has 2 fully saturated rings. The van der Waals surface area contributed by atoms with E-state index in [0.29, 0.717) is 50.1 Å². The second-order valence-corrected chi connectivity index (χ2v) is 17.7. The van der Waals surface area contributed by atoms with Crippen molar-refractivity contribution in [3.8, 4) is 5.75 Å². The lowest BCUT2D eigenvalue weighted by Gasteiger charge is -2.35. The summed E-state index contributed by atoms with van der Waals surface area (Å²) in [5.41, 5.74) is 3.48. The number of fused-ring (bicyclic) bond motifs is 1. The van der Waals surface area contributed by atoms with E-state index < -0.39 is 0 Å². The van der Waals surface area contributed by atoms with Gasteiger partial charge in [0.1, 0.15) is 11.0 Å². The number of nitrogens with zero attached hydrogens (tertiary/aromatic N) is 3. The molecule has 0 unspecified atom stereocenters. The van der Waals surface area contributed by atoms with E-state index in [9.17, 15) is 24.3 Å². The number of phenolic OH excluding ortho intramolecular Hbond substituents is 1. The number of piperazine rings is 1. The minimum atomic E-state index is -0.237. The van der Waals surface area contributed by atoms with Gasteiger partial charge in [-0.3, -0.25) is 29.0 Å². The van der Waals surface area contributed by atoms with Crippen LogP contribution < -0.4 is 5.32 Å². The van der Waals surface area contributed by atoms with Crippen LogP contribution in [0.15, 0.2) is 29.3 Å². The Labute approximate surface area is 307 Å². The molecular weight excluding hydrogens is 667 g/mol. The van der Waals surface area contributed by atoms with E-state index in [1.165, 1.54) is 44.8 Å². The predicted octanol–water partition coefficient (Wildman–Crippen LogP) is 4.92. The first-order valence-corrected chi connectivity index (χ1v) is 19.6. The standard InChI is InChI=1S/C39H57N5O5S.H2O/c1-26(2)50-38-30(23-39(3,4)5)29-14-15-32(45)31(36(29)41-38)25-42-19-21-43(22-20-42)33(46)9-7-6-8-18-40-37(49)28-12-10-27(11-13-28)24-44-34(47)16-17-35(44)48;/h14-17,26-28,41,45H,6-13,18-25H2,1-5H3,(H,40,49);1H2. The van der Waals surface area contributed by atoms with Crippen LogP contribution in [0.3, 0.4) is 0 Å². The van der Waals surface area contributed by atoms with E-state index in [1.54, 1.807) is 0 Å². The van der Waals surface area contributed by atoms with Crippen molar-refractivity contribution in [1.82, 2.24) is 25.0 Å². The topological polar surface area (TPSA) is 156 Å². The monoisotopic (exact) mass is 725 g/mol. The Morgan fingerprint density at radius 3 is 2.25 bits per heavy atom. The molecule has 1 aromatic heterocycles. The highest BCUT2D eigenvalue weighted by Crippen LogP contribution is 2.36. The van der Waals surface area contributed by atoms with Crippen molar-refractivity contribution < 1.29 is 29.8 Å². The maximum atomic E-state index is 13.0. The van der Waals surface area contributed by atoms with Gasteiger partial charge in [-0.05, 0) is 82.3 Å². The fraction of sp³-hybridized carbons (Fsp3) is 0.641. The third kappa shape index (κ3) is 10.8. The van der Waals surface area contributed by atoms with Crippen molar-refractivity contribution in [2.75, 3.05) is 39.3 Å². The lowest BCUT2D eigenvalue weighted by atomic mass is 9.81. The van der Waals surface area contributed by atoms with Gasteiger partial charge in [0.05, 0.1) is 5.52 Å². The van der Waals surface area contributed by atoms with Crippen molar-refractivity contribution in [2.24, 2.45) is 17.3 Å². The average molecular weight is 726 g/mol. The van der Waals surface area contributed by atoms with E-state index >= 15 is 0 Å². The van der Waals surface area contributed by atoms with Crippen LogP contribution in [0.1, 0.15) is 97.1 Å². The number of thiol groups is 1. The van der Waals surface area contributed by atoms with Gasteiger partial charge in [-0.2, -0.15) is 0 Å². The molecule has 2 aliphatic heterocycles. The van der Waals surface area contributed by atoms with Crippen LogP contribution in [0, 0.1) is 17.3 Å². The summed E-state index contributed by atoms with van der Waals surface area (Å²) in [6.45, 7) is 15.9. The highest BCUT2D eigenvalue weighted by atomic mass is 32.2. The number of amides is 4. The van der Waals surface area contributed by atoms with Crippen LogP contribution in [0.4, 0.5) is 0 Å². The lowest BCUT2D eigenvalue weighted by molar-refractivity contribution is -0.138. The molecule has 4 amide bonds. The van der Waals surface area contributed by atoms with Gasteiger partial charge >= 0.3 is 0 Å². The Balaban J connectivity index is 0.00000583. The first-order valence-electron chi connectivity index (χ1n) is 18.7. The molecule has 4 N–H and O–H groups in total. The summed E-state index contributed by atoms with van der Waals surface area (Å²) in [5, 5.41) is 17.0. The smallest absolute Gasteiger partial charge is 0.253 e. The van der Waals surface area contributed by atoms with Crippen LogP contribution in [-0.4, -0.2) is 98.4 Å². The Hall–Kier alpha value is -3.35. The molecule has 5 rings (SSSR count). The summed E-state index contributed by atoms with van der Waals surface area (Å²) in [6, 6.07) is 3.90. The molecule has 3 heterocycles. The fourth-order valence-electron chi connectivity index (χ4n) is 7.54. The number of imide groups is 1. The number of rotatable bonds is 14. The number of carbonyl (C=O) groups excluding carboxylic acids is 4. The maximum absolute atomic E-state index is 13.0. The summed E-state index contributed by atoms with van der Waals surface area (Å²) < 4.78 is 0. The highest BCUT2D eigenvalue weighted by molar-refractivity contribution is 7.79. The first-order chi connectivity index (χ1) is 23.8. The number of hydrogen-bond donors (Lipinski definition) is 3. The number of aromatic hydroxyl groups is 1. The summed E-state index contributed by atoms with van der Waals surface area (Å²) >= 11 is 1.27. The molecule has 1 saturated carbocycles. The molecule has 0 radical (unpaired) electrons. The highest BCUT2D eigenvalue weighted by Gasteiger charge is 2.32. The number of nitrogens with one attached hydrogen (secondary N) is 2. The second kappa shape index (κ2) is 17.9. The molecule has 0 spiro atoms. The van der Waals surface area contributed by atoms with Crippen molar-refractivity contribution in [1.29, 1.82) is 0 Å². The molecule has 3 aliphatic rings. The van der Waals surface area contributed by atoms with Gasteiger partial charge in [0.2, 0.25) is 16.8 Å². The molecular formula is C39H59N5O6S. The van der Waals surface area contributed by atoms with Gasteiger partial charge in [0.25, 0.3) is 11.8 Å². The minimum absolute atomic E-state index is 0. The molecule has 1 aromatic carbocycles. The summed E-state index contributed by atoms with van der Waals surface area (Å²) in [6.07, 6.45) is 9.92. The third-order valence-electron chi connectivity index (χ3n) is 10.3. The van der Waals surface area contributed by atoms with Crippen LogP contribution in [-0.2, 0) is 43.9 Å². The Morgan fingerprint density at radius 2 is 1.63 bits per heavy atom. The van der Waals surface area contributed by atoms with E-state index in [-0.39, 0.29) is 46.4 Å². The lowest BCUT2D eigenvalue weighted by Crippen LogP contribution is -2.48. The number of aromatic nitrogens is 1. The number of phenols is 1. The number of benzene rings is 1. The van der Waals surface area contributed by atoms with Gasteiger partial charge in [0, 0.05) is 98.6 Å². The average Bonchev–Trinajstić information content (AvgIpc) is 3.56. The first kappa shape index (κ1) is 40.4. The molecule has 11 nitrogen and oxygen atoms in total. The molecule has 51 heavy (non-hydrogen) atoms. The number of unbranched alkanes of at least 4 members (excludes halogenated alkanes) is 2. The van der Waals surface area contributed by atoms with Crippen molar-refractivity contribution in [2.45, 2.75) is 109 Å². The van der Waals surface area contributed by atoms with Crippen LogP contribution in [0.2, 0.25) is 0 Å². The van der Waals surface area contributed by atoms with Crippen molar-refractivity contribution >= 4 is 46.3 Å². The maximum Gasteiger partial charge on any atom is 0.253 e. The molecule has 2 aromatic rings. The van der Waals surface area contributed by atoms with E-state index in [2.05, 4.69) is 55.9 Å². The van der Waals surface area contributed by atoms with Gasteiger partial charge in [-0.25, -0.2) is 0 Å². The normalized spacial score (nSPS) is 20.0. The summed E-state index contributed by atoms with van der Waals surface area (Å²) in [7, 11) is 0. The fourth-order valence-corrected chi connectivity index (χ4v) is 8.59. The number of carbonyl (C=O) groups is 4. The van der Waals surface area contributed by atoms with Gasteiger partial charge in [-0.15, -0.1) is 0 Å². The molecule has 12 heteroatoms. The SMILES string of the molecule is CC(C)[SH+]c1[nH]c2c(CN3CCN(C(=O)CCCCCNC(=O)C4CCC(CN5C(=O)C=CC5=O)CC4)CC3)c(O)ccc2c1CC(C)(C)C.[OH-]. The van der Waals surface area contributed by atoms with Crippen molar-refractivity contribution in [3.63, 3.8) is 0 Å². The molecule has 0 bridgehead atoms. The van der Waals surface area contributed by atoms with Gasteiger partial charge < -0.3 is 25.8 Å². The van der Waals surface area contributed by atoms with Crippen LogP contribution in [0.5, 0.6) is 5.75 Å². The quantitative estimate of drug-likeness (QED) is 0.108. The number of H-pyrrole nitrogens is 1. The zero-order valence-electron chi connectivity index (χ0n) is 31.2. The van der Waals surface area contributed by atoms with E-state index in [0.717, 1.165) is 75.5 Å². The summed E-state index contributed by atoms with van der Waals surface area (Å²) in [5.74, 6) is 0.375. The third-order valence-corrected chi connectivity index (χ3v) is 11.4. The summed E-state index contributed by atoms with van der Waals surface area (Å²) in [4.78, 5) is 58.7.